The molecule has 14 heavy (non-hydrogen) atoms. The lowest BCUT2D eigenvalue weighted by Gasteiger charge is -2.05. The van der Waals surface area contributed by atoms with E-state index in [1.54, 1.807) is 6.07 Å². The number of carbonyl (C=O) groups excluding carboxylic acids is 1. The third-order valence-corrected chi connectivity index (χ3v) is 2.97. The summed E-state index contributed by atoms with van der Waals surface area (Å²) in [5.74, 6) is -0.0292. The van der Waals surface area contributed by atoms with E-state index in [-0.39, 0.29) is 5.91 Å². The van der Waals surface area contributed by atoms with E-state index in [0.29, 0.717) is 12.1 Å². The van der Waals surface area contributed by atoms with Gasteiger partial charge < -0.3 is 5.32 Å². The van der Waals surface area contributed by atoms with Gasteiger partial charge in [-0.2, -0.15) is 0 Å². The van der Waals surface area contributed by atoms with Crippen molar-refractivity contribution in [2.75, 3.05) is 11.9 Å². The predicted octanol–water partition coefficient (Wildman–Crippen LogP) is 2.96. The Morgan fingerprint density at radius 1 is 1.36 bits per heavy atom. The SMILES string of the molecule is O=C(NCCCBr)c1ccccc1Br. The molecule has 1 aromatic rings. The Balaban J connectivity index is 2.56. The van der Waals surface area contributed by atoms with Crippen LogP contribution in [0.5, 0.6) is 0 Å². The van der Waals surface area contributed by atoms with Gasteiger partial charge in [0.05, 0.1) is 5.56 Å². The summed E-state index contributed by atoms with van der Waals surface area (Å²) in [6.07, 6.45) is 0.941. The van der Waals surface area contributed by atoms with Gasteiger partial charge in [0.2, 0.25) is 0 Å². The van der Waals surface area contributed by atoms with Gasteiger partial charge in [0, 0.05) is 16.3 Å². The van der Waals surface area contributed by atoms with E-state index in [0.717, 1.165) is 16.2 Å². The van der Waals surface area contributed by atoms with Crippen LogP contribution in [0, 0.1) is 0 Å². The number of benzene rings is 1. The Morgan fingerprint density at radius 2 is 2.07 bits per heavy atom. The Hall–Kier alpha value is -0.350. The third kappa shape index (κ3) is 3.42. The molecule has 0 saturated carbocycles. The lowest BCUT2D eigenvalue weighted by molar-refractivity contribution is 0.0953. The van der Waals surface area contributed by atoms with Crippen molar-refractivity contribution in [2.24, 2.45) is 0 Å². The number of nitrogens with one attached hydrogen (secondary N) is 1. The second-order valence-corrected chi connectivity index (χ2v) is 4.43. The fraction of sp³-hybridized carbons (Fsp3) is 0.300. The summed E-state index contributed by atoms with van der Waals surface area (Å²) in [6, 6.07) is 7.40. The maximum atomic E-state index is 11.6. The Labute approximate surface area is 100 Å². The van der Waals surface area contributed by atoms with Crippen LogP contribution in [0.1, 0.15) is 16.8 Å². The maximum absolute atomic E-state index is 11.6. The van der Waals surface area contributed by atoms with Gasteiger partial charge in [-0.15, -0.1) is 0 Å². The van der Waals surface area contributed by atoms with E-state index in [9.17, 15) is 4.79 Å². The topological polar surface area (TPSA) is 29.1 Å². The molecule has 1 aromatic carbocycles. The van der Waals surface area contributed by atoms with E-state index < -0.39 is 0 Å². The second kappa shape index (κ2) is 6.19. The quantitative estimate of drug-likeness (QED) is 0.670. The first-order valence-electron chi connectivity index (χ1n) is 4.34. The van der Waals surface area contributed by atoms with Gasteiger partial charge in [0.25, 0.3) is 5.91 Å². The molecule has 0 aliphatic heterocycles. The van der Waals surface area contributed by atoms with E-state index in [2.05, 4.69) is 37.2 Å². The van der Waals surface area contributed by atoms with Gasteiger partial charge in [-0.25, -0.2) is 0 Å². The largest absolute Gasteiger partial charge is 0.352 e. The van der Waals surface area contributed by atoms with Crippen molar-refractivity contribution in [3.05, 3.63) is 34.3 Å². The highest BCUT2D eigenvalue weighted by atomic mass is 79.9. The van der Waals surface area contributed by atoms with Crippen LogP contribution in [0.4, 0.5) is 0 Å². The summed E-state index contributed by atoms with van der Waals surface area (Å²) in [6.45, 7) is 0.700. The third-order valence-electron chi connectivity index (χ3n) is 1.71. The Bertz CT molecular complexity index is 315. The molecule has 0 fully saturated rings. The zero-order valence-corrected chi connectivity index (χ0v) is 10.8. The molecule has 1 N–H and O–H groups in total. The zero-order chi connectivity index (χ0) is 10.4. The van der Waals surface area contributed by atoms with Crippen LogP contribution >= 0.6 is 31.9 Å². The number of amides is 1. The van der Waals surface area contributed by atoms with Gasteiger partial charge in [-0.1, -0.05) is 28.1 Å². The molecular formula is C10H11Br2NO. The molecule has 0 heterocycles. The highest BCUT2D eigenvalue weighted by Crippen LogP contribution is 2.15. The summed E-state index contributed by atoms with van der Waals surface area (Å²) in [5.41, 5.74) is 0.682. The molecule has 2 nitrogen and oxygen atoms in total. The minimum Gasteiger partial charge on any atom is -0.352 e. The molecule has 0 atom stereocenters. The molecule has 0 spiro atoms. The Morgan fingerprint density at radius 3 is 2.71 bits per heavy atom. The standard InChI is InChI=1S/C10H11Br2NO/c11-6-3-7-13-10(14)8-4-1-2-5-9(8)12/h1-2,4-5H,3,6-7H2,(H,13,14). The van der Waals surface area contributed by atoms with Crippen LogP contribution < -0.4 is 5.32 Å². The lowest BCUT2D eigenvalue weighted by atomic mass is 10.2. The van der Waals surface area contributed by atoms with Crippen molar-refractivity contribution in [1.82, 2.24) is 5.32 Å². The molecule has 0 saturated heterocycles. The van der Waals surface area contributed by atoms with Gasteiger partial charge in [-0.05, 0) is 34.5 Å². The molecule has 1 rings (SSSR count). The van der Waals surface area contributed by atoms with Crippen LogP contribution in [0.3, 0.4) is 0 Å². The minimum atomic E-state index is -0.0292. The van der Waals surface area contributed by atoms with Crippen molar-refractivity contribution >= 4 is 37.8 Å². The van der Waals surface area contributed by atoms with E-state index in [4.69, 9.17) is 0 Å². The van der Waals surface area contributed by atoms with Crippen molar-refractivity contribution in [1.29, 1.82) is 0 Å². The van der Waals surface area contributed by atoms with Gasteiger partial charge in [0.1, 0.15) is 0 Å². The summed E-state index contributed by atoms with van der Waals surface area (Å²) in [7, 11) is 0. The summed E-state index contributed by atoms with van der Waals surface area (Å²) < 4.78 is 0.830. The van der Waals surface area contributed by atoms with E-state index >= 15 is 0 Å². The summed E-state index contributed by atoms with van der Waals surface area (Å²) >= 11 is 6.65. The van der Waals surface area contributed by atoms with Crippen LogP contribution in [0.25, 0.3) is 0 Å². The highest BCUT2D eigenvalue weighted by Gasteiger charge is 2.07. The number of hydrogen-bond donors (Lipinski definition) is 1. The van der Waals surface area contributed by atoms with Crippen molar-refractivity contribution < 1.29 is 4.79 Å². The first-order valence-corrected chi connectivity index (χ1v) is 6.26. The fourth-order valence-electron chi connectivity index (χ4n) is 1.01. The normalized spacial score (nSPS) is 9.86. The Kier molecular flexibility index (Phi) is 5.19. The monoisotopic (exact) mass is 319 g/mol. The minimum absolute atomic E-state index is 0.0292. The molecule has 0 aliphatic rings. The van der Waals surface area contributed by atoms with Crippen molar-refractivity contribution in [3.63, 3.8) is 0 Å². The van der Waals surface area contributed by atoms with E-state index in [1.165, 1.54) is 0 Å². The van der Waals surface area contributed by atoms with Gasteiger partial charge >= 0.3 is 0 Å². The molecule has 0 aliphatic carbocycles. The lowest BCUT2D eigenvalue weighted by Crippen LogP contribution is -2.24. The van der Waals surface area contributed by atoms with Crippen LogP contribution in [0.2, 0.25) is 0 Å². The smallest absolute Gasteiger partial charge is 0.252 e. The number of alkyl halides is 1. The molecule has 1 amide bonds. The fourth-order valence-corrected chi connectivity index (χ4v) is 1.75. The molecule has 0 aromatic heterocycles. The molecular weight excluding hydrogens is 310 g/mol. The first-order chi connectivity index (χ1) is 6.75. The average molecular weight is 321 g/mol. The van der Waals surface area contributed by atoms with Gasteiger partial charge in [-0.3, -0.25) is 4.79 Å². The average Bonchev–Trinajstić information content (AvgIpc) is 2.18. The number of carbonyl (C=O) groups is 1. The maximum Gasteiger partial charge on any atom is 0.252 e. The van der Waals surface area contributed by atoms with E-state index in [1.807, 2.05) is 18.2 Å². The highest BCUT2D eigenvalue weighted by molar-refractivity contribution is 9.10. The van der Waals surface area contributed by atoms with Crippen LogP contribution in [0.15, 0.2) is 28.7 Å². The number of halogens is 2. The number of rotatable bonds is 4. The second-order valence-electron chi connectivity index (χ2n) is 2.78. The van der Waals surface area contributed by atoms with Crippen molar-refractivity contribution in [2.45, 2.75) is 6.42 Å². The molecule has 4 heteroatoms. The predicted molar refractivity (Wildman–Crippen MR) is 64.9 cm³/mol. The van der Waals surface area contributed by atoms with Gasteiger partial charge in [0.15, 0.2) is 0 Å². The molecule has 0 unspecified atom stereocenters. The molecule has 0 bridgehead atoms. The van der Waals surface area contributed by atoms with Crippen molar-refractivity contribution in [3.8, 4) is 0 Å². The summed E-state index contributed by atoms with van der Waals surface area (Å²) in [4.78, 5) is 11.6. The number of hydrogen-bond acceptors (Lipinski definition) is 1. The molecule has 0 radical (unpaired) electrons. The first kappa shape index (κ1) is 11.7. The van der Waals surface area contributed by atoms with Crippen LogP contribution in [-0.4, -0.2) is 17.8 Å². The molecule has 76 valence electrons. The summed E-state index contributed by atoms with van der Waals surface area (Å²) in [5, 5.41) is 3.75. The van der Waals surface area contributed by atoms with Crippen LogP contribution in [-0.2, 0) is 0 Å². The zero-order valence-electron chi connectivity index (χ0n) is 7.59.